The van der Waals surface area contributed by atoms with Gasteiger partial charge in [-0.3, -0.25) is 0 Å². The van der Waals surface area contributed by atoms with E-state index in [1.807, 2.05) is 6.07 Å². The second-order valence-electron chi connectivity index (χ2n) is 3.06. The Hall–Kier alpha value is -2.29. The molecule has 0 fully saturated rings. The number of allylic oxidation sites excluding steroid dienone is 3. The van der Waals surface area contributed by atoms with Crippen LogP contribution in [0.4, 0.5) is 0 Å². The van der Waals surface area contributed by atoms with Crippen LogP contribution in [0.2, 0.25) is 0 Å². The van der Waals surface area contributed by atoms with Crippen molar-refractivity contribution in [2.75, 3.05) is 0 Å². The number of nitrogens with zero attached hydrogens (tertiary/aromatic N) is 1. The third-order valence-electron chi connectivity index (χ3n) is 2.04. The summed E-state index contributed by atoms with van der Waals surface area (Å²) in [4.78, 5) is 4.14. The van der Waals surface area contributed by atoms with Crippen LogP contribution in [0.3, 0.4) is 0 Å². The van der Waals surface area contributed by atoms with Gasteiger partial charge in [0, 0.05) is 6.20 Å². The van der Waals surface area contributed by atoms with Gasteiger partial charge in [0.05, 0.1) is 11.6 Å². The van der Waals surface area contributed by atoms with Crippen LogP contribution in [0.1, 0.15) is 0 Å². The first-order valence-electron chi connectivity index (χ1n) is 4.80. The van der Waals surface area contributed by atoms with Gasteiger partial charge >= 0.3 is 0 Å². The first-order valence-corrected chi connectivity index (χ1v) is 4.80. The molecule has 0 aliphatic heterocycles. The Bertz CT molecular complexity index is 552. The van der Waals surface area contributed by atoms with Gasteiger partial charge in [-0.05, 0) is 24.3 Å². The highest BCUT2D eigenvalue weighted by atomic mass is 16.5. The van der Waals surface area contributed by atoms with Crippen LogP contribution in [0.25, 0.3) is 11.0 Å². The fraction of sp³-hybridized carbons (Fsp3) is 0. The van der Waals surface area contributed by atoms with Crippen LogP contribution in [0.15, 0.2) is 66.2 Å². The molecule has 0 N–H and O–H groups in total. The summed E-state index contributed by atoms with van der Waals surface area (Å²) in [6.45, 7) is 7.25. The highest BCUT2D eigenvalue weighted by Crippen LogP contribution is 2.25. The van der Waals surface area contributed by atoms with Crippen LogP contribution in [0, 0.1) is 0 Å². The van der Waals surface area contributed by atoms with E-state index in [9.17, 15) is 0 Å². The molecule has 2 aromatic rings. The normalized spacial score (nSPS) is 11.4. The van der Waals surface area contributed by atoms with E-state index in [1.165, 1.54) is 0 Å². The molecule has 2 heterocycles. The maximum Gasteiger partial charge on any atom is 0.230 e. The van der Waals surface area contributed by atoms with Crippen molar-refractivity contribution in [1.82, 2.24) is 4.98 Å². The van der Waals surface area contributed by atoms with Crippen LogP contribution in [-0.4, -0.2) is 4.98 Å². The van der Waals surface area contributed by atoms with Gasteiger partial charge in [-0.2, -0.15) is 0 Å². The maximum atomic E-state index is 5.58. The molecular formula is C13H11NO2. The van der Waals surface area contributed by atoms with E-state index in [-0.39, 0.29) is 0 Å². The lowest BCUT2D eigenvalue weighted by atomic mass is 10.3. The lowest BCUT2D eigenvalue weighted by Crippen LogP contribution is -1.94. The first-order chi connectivity index (χ1) is 7.85. The molecule has 3 nitrogen and oxygen atoms in total. The van der Waals surface area contributed by atoms with Gasteiger partial charge < -0.3 is 9.15 Å². The Labute approximate surface area is 93.4 Å². The van der Waals surface area contributed by atoms with Crippen molar-refractivity contribution in [2.24, 2.45) is 0 Å². The van der Waals surface area contributed by atoms with Crippen molar-refractivity contribution in [1.29, 1.82) is 0 Å². The van der Waals surface area contributed by atoms with Crippen LogP contribution < -0.4 is 4.74 Å². The van der Waals surface area contributed by atoms with Gasteiger partial charge in [0.25, 0.3) is 0 Å². The second-order valence-corrected chi connectivity index (χ2v) is 3.06. The van der Waals surface area contributed by atoms with Crippen LogP contribution in [-0.2, 0) is 0 Å². The SMILES string of the molecule is C=C/C=C(\C=C)Oc1nccc2occc12. The molecular weight excluding hydrogens is 202 g/mol. The predicted molar refractivity (Wildman–Crippen MR) is 63.1 cm³/mol. The zero-order valence-electron chi connectivity index (χ0n) is 8.72. The number of aromatic nitrogens is 1. The van der Waals surface area contributed by atoms with E-state index >= 15 is 0 Å². The third kappa shape index (κ3) is 1.88. The lowest BCUT2D eigenvalue weighted by molar-refractivity contribution is 0.432. The van der Waals surface area contributed by atoms with Crippen molar-refractivity contribution in [3.05, 3.63) is 61.7 Å². The average molecular weight is 213 g/mol. The van der Waals surface area contributed by atoms with E-state index in [0.717, 1.165) is 11.0 Å². The molecule has 16 heavy (non-hydrogen) atoms. The molecule has 2 rings (SSSR count). The van der Waals surface area contributed by atoms with E-state index in [0.29, 0.717) is 11.6 Å². The molecule has 0 aliphatic rings. The molecule has 0 radical (unpaired) electrons. The van der Waals surface area contributed by atoms with Gasteiger partial charge in [-0.1, -0.05) is 19.2 Å². The number of hydrogen-bond acceptors (Lipinski definition) is 3. The van der Waals surface area contributed by atoms with Gasteiger partial charge in [-0.15, -0.1) is 0 Å². The molecule has 0 bridgehead atoms. The standard InChI is InChI=1S/C13H11NO2/c1-3-5-10(4-2)16-13-11-7-9-15-12(11)6-8-14-13/h3-9H,1-2H2/b10-5+. The monoisotopic (exact) mass is 213 g/mol. The Morgan fingerprint density at radius 1 is 1.38 bits per heavy atom. The summed E-state index contributed by atoms with van der Waals surface area (Å²) in [5, 5.41) is 0.833. The number of pyridine rings is 1. The molecule has 2 aromatic heterocycles. The number of hydrogen-bond donors (Lipinski definition) is 0. The summed E-state index contributed by atoms with van der Waals surface area (Å²) >= 11 is 0. The maximum absolute atomic E-state index is 5.58. The summed E-state index contributed by atoms with van der Waals surface area (Å²) in [6, 6.07) is 3.60. The predicted octanol–water partition coefficient (Wildman–Crippen LogP) is 3.46. The molecule has 0 amide bonds. The Morgan fingerprint density at radius 2 is 2.25 bits per heavy atom. The van der Waals surface area contributed by atoms with E-state index in [2.05, 4.69) is 18.1 Å². The molecule has 0 saturated heterocycles. The molecule has 80 valence electrons. The molecule has 0 saturated carbocycles. The largest absolute Gasteiger partial charge is 0.464 e. The lowest BCUT2D eigenvalue weighted by Gasteiger charge is -2.04. The molecule has 0 aliphatic carbocycles. The van der Waals surface area contributed by atoms with E-state index in [4.69, 9.17) is 9.15 Å². The van der Waals surface area contributed by atoms with E-state index in [1.54, 1.807) is 36.8 Å². The van der Waals surface area contributed by atoms with Crippen LogP contribution >= 0.6 is 0 Å². The summed E-state index contributed by atoms with van der Waals surface area (Å²) in [7, 11) is 0. The average Bonchev–Trinajstić information content (AvgIpc) is 2.77. The van der Waals surface area contributed by atoms with Crippen molar-refractivity contribution in [3.8, 4) is 5.88 Å². The van der Waals surface area contributed by atoms with Crippen LogP contribution in [0.5, 0.6) is 5.88 Å². The fourth-order valence-electron chi connectivity index (χ4n) is 1.32. The van der Waals surface area contributed by atoms with Gasteiger partial charge in [0.2, 0.25) is 5.88 Å². The van der Waals surface area contributed by atoms with Crippen molar-refractivity contribution >= 4 is 11.0 Å². The minimum absolute atomic E-state index is 0.499. The summed E-state index contributed by atoms with van der Waals surface area (Å²) in [6.07, 6.45) is 8.18. The minimum atomic E-state index is 0.499. The fourth-order valence-corrected chi connectivity index (χ4v) is 1.32. The zero-order chi connectivity index (χ0) is 11.4. The number of fused-ring (bicyclic) bond motifs is 1. The minimum Gasteiger partial charge on any atom is -0.464 e. The number of rotatable bonds is 4. The zero-order valence-corrected chi connectivity index (χ0v) is 8.72. The van der Waals surface area contributed by atoms with Crippen molar-refractivity contribution in [2.45, 2.75) is 0 Å². The highest BCUT2D eigenvalue weighted by Gasteiger charge is 2.06. The van der Waals surface area contributed by atoms with Gasteiger partial charge in [0.1, 0.15) is 11.3 Å². The second kappa shape index (κ2) is 4.49. The van der Waals surface area contributed by atoms with E-state index < -0.39 is 0 Å². The first kappa shape index (κ1) is 10.2. The Kier molecular flexibility index (Phi) is 2.87. The summed E-state index contributed by atoms with van der Waals surface area (Å²) in [5.74, 6) is 1.09. The smallest absolute Gasteiger partial charge is 0.230 e. The summed E-state index contributed by atoms with van der Waals surface area (Å²) in [5.41, 5.74) is 0.743. The highest BCUT2D eigenvalue weighted by molar-refractivity contribution is 5.82. The third-order valence-corrected chi connectivity index (χ3v) is 2.04. The summed E-state index contributed by atoms with van der Waals surface area (Å²) < 4.78 is 10.8. The quantitative estimate of drug-likeness (QED) is 0.576. The molecule has 0 spiro atoms. The molecule has 0 aromatic carbocycles. The number of furan rings is 1. The Morgan fingerprint density at radius 3 is 3.00 bits per heavy atom. The Balaban J connectivity index is 2.40. The van der Waals surface area contributed by atoms with Gasteiger partial charge in [0.15, 0.2) is 0 Å². The molecule has 0 atom stereocenters. The number of ether oxygens (including phenoxy) is 1. The molecule has 0 unspecified atom stereocenters. The van der Waals surface area contributed by atoms with Crippen molar-refractivity contribution < 1.29 is 9.15 Å². The van der Waals surface area contributed by atoms with Crippen molar-refractivity contribution in [3.63, 3.8) is 0 Å². The topological polar surface area (TPSA) is 35.3 Å². The van der Waals surface area contributed by atoms with Gasteiger partial charge in [-0.25, -0.2) is 4.98 Å². The molecule has 3 heteroatoms.